The predicted molar refractivity (Wildman–Crippen MR) is 122 cm³/mol. The molecule has 0 saturated carbocycles. The first-order valence-corrected chi connectivity index (χ1v) is 11.1. The van der Waals surface area contributed by atoms with Gasteiger partial charge in [-0.3, -0.25) is 0 Å². The number of hydrogen-bond donors (Lipinski definition) is 0. The third kappa shape index (κ3) is 9.52. The van der Waals surface area contributed by atoms with Gasteiger partial charge in [0, 0.05) is 6.61 Å². The standard InChI is InChI=1S/C25H30F3NO5/c1-4-5-16-31-17-18(2)32-23(19(3)33-22(30)20-12-8-6-9-13-20)34-24(25(26,27)28)29-21-14-10-7-11-15-21/h6-15,18-19,23H,4-5,16-17H2,1-3H3/t18?,19-,23-/m0/s1. The summed E-state index contributed by atoms with van der Waals surface area (Å²) in [5.41, 5.74) is 0.302. The van der Waals surface area contributed by atoms with E-state index >= 15 is 0 Å². The largest absolute Gasteiger partial charge is 0.468 e. The van der Waals surface area contributed by atoms with Crippen LogP contribution in [-0.2, 0) is 18.9 Å². The monoisotopic (exact) mass is 481 g/mol. The van der Waals surface area contributed by atoms with Crippen molar-refractivity contribution < 1.29 is 36.9 Å². The quantitative estimate of drug-likeness (QED) is 0.121. The molecule has 1 unspecified atom stereocenters. The fourth-order valence-corrected chi connectivity index (χ4v) is 2.75. The van der Waals surface area contributed by atoms with Gasteiger partial charge < -0.3 is 18.9 Å². The van der Waals surface area contributed by atoms with E-state index in [0.717, 1.165) is 12.8 Å². The molecule has 0 aliphatic rings. The molecule has 9 heteroatoms. The summed E-state index contributed by atoms with van der Waals surface area (Å²) >= 11 is 0. The highest BCUT2D eigenvalue weighted by Crippen LogP contribution is 2.25. The molecule has 0 amide bonds. The lowest BCUT2D eigenvalue weighted by atomic mass is 10.2. The van der Waals surface area contributed by atoms with Crippen molar-refractivity contribution in [2.24, 2.45) is 4.99 Å². The normalized spacial score (nSPS) is 14.8. The fraction of sp³-hybridized carbons (Fsp3) is 0.440. The van der Waals surface area contributed by atoms with Gasteiger partial charge >= 0.3 is 12.1 Å². The Kier molecular flexibility index (Phi) is 11.0. The minimum absolute atomic E-state index is 0.0541. The molecule has 34 heavy (non-hydrogen) atoms. The Morgan fingerprint density at radius 2 is 1.59 bits per heavy atom. The molecule has 186 valence electrons. The van der Waals surface area contributed by atoms with Crippen molar-refractivity contribution in [2.45, 2.75) is 58.3 Å². The molecule has 0 saturated heterocycles. The number of benzene rings is 2. The highest BCUT2D eigenvalue weighted by atomic mass is 19.4. The molecule has 2 aromatic carbocycles. The average Bonchev–Trinajstić information content (AvgIpc) is 2.81. The summed E-state index contributed by atoms with van der Waals surface area (Å²) in [5.74, 6) is -2.23. The van der Waals surface area contributed by atoms with E-state index in [4.69, 9.17) is 18.9 Å². The fourth-order valence-electron chi connectivity index (χ4n) is 2.75. The number of hydrogen-bond acceptors (Lipinski definition) is 6. The number of unbranched alkanes of at least 4 members (excludes halogenated alkanes) is 1. The van der Waals surface area contributed by atoms with Gasteiger partial charge in [0.25, 0.3) is 5.90 Å². The number of nitrogens with zero attached hydrogens (tertiary/aromatic N) is 1. The highest BCUT2D eigenvalue weighted by molar-refractivity contribution is 5.89. The van der Waals surface area contributed by atoms with Crippen LogP contribution in [0.1, 0.15) is 44.0 Å². The second kappa shape index (κ2) is 13.7. The van der Waals surface area contributed by atoms with E-state index in [1.165, 1.54) is 31.2 Å². The molecule has 0 radical (unpaired) electrons. The maximum atomic E-state index is 13.7. The van der Waals surface area contributed by atoms with E-state index in [9.17, 15) is 18.0 Å². The number of halogens is 3. The van der Waals surface area contributed by atoms with Crippen molar-refractivity contribution >= 4 is 17.6 Å². The Morgan fingerprint density at radius 3 is 2.18 bits per heavy atom. The number of aliphatic imine (C=N–C) groups is 1. The maximum Gasteiger partial charge on any atom is 0.468 e. The van der Waals surface area contributed by atoms with E-state index in [-0.39, 0.29) is 17.9 Å². The van der Waals surface area contributed by atoms with Gasteiger partial charge in [0.2, 0.25) is 6.29 Å². The molecular weight excluding hydrogens is 451 g/mol. The van der Waals surface area contributed by atoms with Gasteiger partial charge in [-0.25, -0.2) is 9.79 Å². The summed E-state index contributed by atoms with van der Waals surface area (Å²) in [6, 6.07) is 15.7. The van der Waals surface area contributed by atoms with Crippen molar-refractivity contribution in [3.05, 3.63) is 66.2 Å². The molecule has 6 nitrogen and oxygen atoms in total. The summed E-state index contributed by atoms with van der Waals surface area (Å²) in [5, 5.41) is 0. The van der Waals surface area contributed by atoms with Crippen LogP contribution in [0.3, 0.4) is 0 Å². The highest BCUT2D eigenvalue weighted by Gasteiger charge is 2.42. The van der Waals surface area contributed by atoms with Gasteiger partial charge in [-0.15, -0.1) is 0 Å². The molecule has 0 heterocycles. The first kappa shape index (κ1) is 27.3. The topological polar surface area (TPSA) is 66.3 Å². The number of para-hydroxylation sites is 1. The van der Waals surface area contributed by atoms with Crippen LogP contribution in [0.25, 0.3) is 0 Å². The number of carbonyl (C=O) groups excluding carboxylic acids is 1. The zero-order chi connectivity index (χ0) is 25.0. The van der Waals surface area contributed by atoms with Crippen molar-refractivity contribution in [3.63, 3.8) is 0 Å². The van der Waals surface area contributed by atoms with Crippen LogP contribution >= 0.6 is 0 Å². The van der Waals surface area contributed by atoms with Crippen LogP contribution in [0, 0.1) is 0 Å². The Labute approximate surface area is 197 Å². The lowest BCUT2D eigenvalue weighted by Gasteiger charge is -2.28. The molecule has 0 fully saturated rings. The molecule has 0 spiro atoms. The van der Waals surface area contributed by atoms with Crippen molar-refractivity contribution in [3.8, 4) is 0 Å². The van der Waals surface area contributed by atoms with Crippen molar-refractivity contribution in [1.82, 2.24) is 0 Å². The molecule has 0 N–H and O–H groups in total. The number of ether oxygens (including phenoxy) is 4. The summed E-state index contributed by atoms with van der Waals surface area (Å²) in [7, 11) is 0. The molecule has 0 aromatic heterocycles. The Morgan fingerprint density at radius 1 is 0.971 bits per heavy atom. The lowest BCUT2D eigenvalue weighted by Crippen LogP contribution is -2.41. The minimum Gasteiger partial charge on any atom is -0.452 e. The first-order chi connectivity index (χ1) is 16.2. The average molecular weight is 482 g/mol. The molecular formula is C25H30F3NO5. The summed E-state index contributed by atoms with van der Waals surface area (Å²) in [4.78, 5) is 16.1. The molecule has 3 atom stereocenters. The van der Waals surface area contributed by atoms with Gasteiger partial charge in [-0.1, -0.05) is 49.7 Å². The second-order valence-corrected chi connectivity index (χ2v) is 7.59. The van der Waals surface area contributed by atoms with Crippen LogP contribution in [0.15, 0.2) is 65.7 Å². The molecule has 0 bridgehead atoms. The minimum atomic E-state index is -4.90. The maximum absolute atomic E-state index is 13.7. The van der Waals surface area contributed by atoms with E-state index < -0.39 is 36.5 Å². The molecule has 2 aromatic rings. The van der Waals surface area contributed by atoms with Crippen molar-refractivity contribution in [2.75, 3.05) is 13.2 Å². The summed E-state index contributed by atoms with van der Waals surface area (Å²) in [6.45, 7) is 5.68. The predicted octanol–water partition coefficient (Wildman–Crippen LogP) is 6.09. The van der Waals surface area contributed by atoms with Crippen LogP contribution < -0.4 is 0 Å². The Bertz CT molecular complexity index is 890. The van der Waals surface area contributed by atoms with Crippen LogP contribution in [-0.4, -0.2) is 49.8 Å². The van der Waals surface area contributed by atoms with Gasteiger partial charge in [0.15, 0.2) is 6.10 Å². The zero-order valence-corrected chi connectivity index (χ0v) is 19.5. The molecule has 0 aliphatic carbocycles. The SMILES string of the molecule is CCCCOCC(C)O[C@@H](OC(=Nc1ccccc1)C(F)(F)F)[C@H](C)OC(=O)c1ccccc1. The van der Waals surface area contributed by atoms with Crippen molar-refractivity contribution in [1.29, 1.82) is 0 Å². The van der Waals surface area contributed by atoms with Gasteiger partial charge in [-0.05, 0) is 44.5 Å². The van der Waals surface area contributed by atoms with E-state index in [0.29, 0.717) is 6.61 Å². The summed E-state index contributed by atoms with van der Waals surface area (Å²) in [6.07, 6.45) is -6.51. The number of carbonyl (C=O) groups is 1. The van der Waals surface area contributed by atoms with E-state index in [2.05, 4.69) is 4.99 Å². The number of rotatable bonds is 12. The first-order valence-electron chi connectivity index (χ1n) is 11.1. The van der Waals surface area contributed by atoms with Gasteiger partial charge in [0.1, 0.15) is 0 Å². The van der Waals surface area contributed by atoms with Crippen LogP contribution in [0.2, 0.25) is 0 Å². The number of alkyl halides is 3. The van der Waals surface area contributed by atoms with E-state index in [1.807, 2.05) is 6.92 Å². The van der Waals surface area contributed by atoms with E-state index in [1.54, 1.807) is 43.3 Å². The molecule has 0 aliphatic heterocycles. The van der Waals surface area contributed by atoms with Gasteiger partial charge in [-0.2, -0.15) is 13.2 Å². The smallest absolute Gasteiger partial charge is 0.452 e. The lowest BCUT2D eigenvalue weighted by molar-refractivity contribution is -0.195. The molecule has 2 rings (SSSR count). The van der Waals surface area contributed by atoms with Crippen LogP contribution in [0.5, 0.6) is 0 Å². The number of esters is 1. The second-order valence-electron chi connectivity index (χ2n) is 7.59. The van der Waals surface area contributed by atoms with Crippen LogP contribution in [0.4, 0.5) is 18.9 Å². The third-order valence-electron chi connectivity index (χ3n) is 4.50. The third-order valence-corrected chi connectivity index (χ3v) is 4.50. The Hall–Kier alpha value is -2.91. The summed E-state index contributed by atoms with van der Waals surface area (Å²) < 4.78 is 62.9. The van der Waals surface area contributed by atoms with Gasteiger partial charge in [0.05, 0.1) is 24.0 Å². The zero-order valence-electron chi connectivity index (χ0n) is 19.5. The Balaban J connectivity index is 2.21.